The number of fused-ring (bicyclic) bond motifs is 1. The van der Waals surface area contributed by atoms with Crippen LogP contribution in [0.5, 0.6) is 0 Å². The van der Waals surface area contributed by atoms with E-state index in [0.717, 1.165) is 11.0 Å². The third kappa shape index (κ3) is 3.27. The molecule has 0 radical (unpaired) electrons. The number of para-hydroxylation sites is 1. The van der Waals surface area contributed by atoms with E-state index in [1.807, 2.05) is 30.3 Å². The van der Waals surface area contributed by atoms with Crippen molar-refractivity contribution in [3.63, 3.8) is 0 Å². The first-order chi connectivity index (χ1) is 12.2. The minimum Gasteiger partial charge on any atom is -0.453 e. The molecule has 0 fully saturated rings. The Morgan fingerprint density at radius 3 is 2.64 bits per heavy atom. The number of furan rings is 1. The van der Waals surface area contributed by atoms with Gasteiger partial charge in [-0.3, -0.25) is 4.79 Å². The zero-order valence-corrected chi connectivity index (χ0v) is 13.8. The predicted molar refractivity (Wildman–Crippen MR) is 94.3 cm³/mol. The summed E-state index contributed by atoms with van der Waals surface area (Å²) in [6, 6.07) is 18.0. The van der Waals surface area contributed by atoms with Gasteiger partial charge in [-0.25, -0.2) is 0 Å². The van der Waals surface area contributed by atoms with Crippen molar-refractivity contribution in [2.24, 2.45) is 0 Å². The predicted octanol–water partition coefficient (Wildman–Crippen LogP) is 4.67. The summed E-state index contributed by atoms with van der Waals surface area (Å²) in [5.41, 5.74) is 1.93. The molecule has 2 aromatic carbocycles. The number of hydrogen-bond donors (Lipinski definition) is 1. The van der Waals surface area contributed by atoms with Crippen molar-refractivity contribution in [2.45, 2.75) is 6.54 Å². The van der Waals surface area contributed by atoms with E-state index in [1.54, 1.807) is 30.3 Å². The van der Waals surface area contributed by atoms with E-state index in [4.69, 9.17) is 20.5 Å². The van der Waals surface area contributed by atoms with Gasteiger partial charge in [-0.05, 0) is 36.4 Å². The van der Waals surface area contributed by atoms with E-state index in [0.29, 0.717) is 27.8 Å². The fraction of sp³-hybridized carbons (Fsp3) is 0.0526. The van der Waals surface area contributed by atoms with Crippen molar-refractivity contribution in [3.8, 4) is 11.5 Å². The summed E-state index contributed by atoms with van der Waals surface area (Å²) in [6.45, 7) is 0.255. The standard InChI is InChI=1S/C19H13ClN2O3/c20-14-7-5-12(6-8-14)19(23)21-11-15-10-18(25-22-15)17-9-13-3-1-2-4-16(13)24-17/h1-10H,11H2,(H,21,23). The molecule has 1 N–H and O–H groups in total. The summed E-state index contributed by atoms with van der Waals surface area (Å²) < 4.78 is 11.1. The molecule has 1 amide bonds. The maximum atomic E-state index is 12.1. The van der Waals surface area contributed by atoms with Gasteiger partial charge in [-0.1, -0.05) is 35.0 Å². The molecule has 0 saturated heterocycles. The molecule has 25 heavy (non-hydrogen) atoms. The van der Waals surface area contributed by atoms with Gasteiger partial charge in [0.1, 0.15) is 11.3 Å². The van der Waals surface area contributed by atoms with Crippen LogP contribution in [-0.4, -0.2) is 11.1 Å². The summed E-state index contributed by atoms with van der Waals surface area (Å²) in [6.07, 6.45) is 0. The fourth-order valence-electron chi connectivity index (χ4n) is 2.49. The Kier molecular flexibility index (Phi) is 3.99. The second-order valence-electron chi connectivity index (χ2n) is 5.52. The highest BCUT2D eigenvalue weighted by molar-refractivity contribution is 6.30. The topological polar surface area (TPSA) is 68.3 Å². The number of aromatic nitrogens is 1. The molecule has 2 aromatic heterocycles. The normalized spacial score (nSPS) is 10.9. The summed E-state index contributed by atoms with van der Waals surface area (Å²) in [5.74, 6) is 0.917. The number of nitrogens with one attached hydrogen (secondary N) is 1. The molecule has 6 heteroatoms. The van der Waals surface area contributed by atoms with E-state index in [2.05, 4.69) is 10.5 Å². The molecule has 4 rings (SSSR count). The van der Waals surface area contributed by atoms with Gasteiger partial charge in [0.2, 0.25) is 5.76 Å². The molecule has 0 spiro atoms. The maximum Gasteiger partial charge on any atom is 0.251 e. The summed E-state index contributed by atoms with van der Waals surface area (Å²) in [5, 5.41) is 8.34. The van der Waals surface area contributed by atoms with E-state index in [-0.39, 0.29) is 12.5 Å². The van der Waals surface area contributed by atoms with Gasteiger partial charge in [-0.2, -0.15) is 0 Å². The molecule has 0 unspecified atom stereocenters. The molecular weight excluding hydrogens is 340 g/mol. The molecule has 0 aliphatic heterocycles. The SMILES string of the molecule is O=C(NCc1cc(-c2cc3ccccc3o2)on1)c1ccc(Cl)cc1. The summed E-state index contributed by atoms with van der Waals surface area (Å²) in [4.78, 5) is 12.1. The number of amides is 1. The van der Waals surface area contributed by atoms with Crippen LogP contribution < -0.4 is 5.32 Å². The lowest BCUT2D eigenvalue weighted by molar-refractivity contribution is 0.0950. The van der Waals surface area contributed by atoms with E-state index in [9.17, 15) is 4.79 Å². The number of carbonyl (C=O) groups is 1. The summed E-state index contributed by atoms with van der Waals surface area (Å²) in [7, 11) is 0. The highest BCUT2D eigenvalue weighted by Gasteiger charge is 2.13. The van der Waals surface area contributed by atoms with E-state index < -0.39 is 0 Å². The fourth-order valence-corrected chi connectivity index (χ4v) is 2.61. The Labute approximate surface area is 148 Å². The Bertz CT molecular complexity index is 1000. The average Bonchev–Trinajstić information content (AvgIpc) is 3.26. The smallest absolute Gasteiger partial charge is 0.251 e. The number of hydrogen-bond acceptors (Lipinski definition) is 4. The van der Waals surface area contributed by atoms with Crippen LogP contribution in [0.4, 0.5) is 0 Å². The quantitative estimate of drug-likeness (QED) is 0.579. The van der Waals surface area contributed by atoms with Crippen LogP contribution in [-0.2, 0) is 6.54 Å². The monoisotopic (exact) mass is 352 g/mol. The molecule has 0 bridgehead atoms. The highest BCUT2D eigenvalue weighted by atomic mass is 35.5. The third-order valence-corrected chi connectivity index (χ3v) is 4.02. The van der Waals surface area contributed by atoms with Gasteiger partial charge in [0, 0.05) is 22.0 Å². The highest BCUT2D eigenvalue weighted by Crippen LogP contribution is 2.28. The van der Waals surface area contributed by atoms with Gasteiger partial charge in [0.15, 0.2) is 5.76 Å². The first kappa shape index (κ1) is 15.5. The van der Waals surface area contributed by atoms with Gasteiger partial charge in [0.05, 0.1) is 6.54 Å². The van der Waals surface area contributed by atoms with E-state index in [1.165, 1.54) is 0 Å². The van der Waals surface area contributed by atoms with Crippen molar-refractivity contribution < 1.29 is 13.7 Å². The van der Waals surface area contributed by atoms with Gasteiger partial charge < -0.3 is 14.3 Å². The first-order valence-electron chi connectivity index (χ1n) is 7.67. The lowest BCUT2D eigenvalue weighted by Gasteiger charge is -2.02. The van der Waals surface area contributed by atoms with Crippen molar-refractivity contribution in [1.29, 1.82) is 0 Å². The lowest BCUT2D eigenvalue weighted by atomic mass is 10.2. The number of nitrogens with zero attached hydrogens (tertiary/aromatic N) is 1. The summed E-state index contributed by atoms with van der Waals surface area (Å²) >= 11 is 5.82. The molecule has 4 aromatic rings. The van der Waals surface area contributed by atoms with Crippen molar-refractivity contribution >= 4 is 28.5 Å². The second-order valence-corrected chi connectivity index (χ2v) is 5.96. The number of benzene rings is 2. The van der Waals surface area contributed by atoms with E-state index >= 15 is 0 Å². The van der Waals surface area contributed by atoms with Gasteiger partial charge in [0.25, 0.3) is 5.91 Å². The Balaban J connectivity index is 1.46. The van der Waals surface area contributed by atoms with Crippen LogP contribution in [0.3, 0.4) is 0 Å². The molecule has 2 heterocycles. The van der Waals surface area contributed by atoms with Crippen LogP contribution in [0.25, 0.3) is 22.5 Å². The van der Waals surface area contributed by atoms with Gasteiger partial charge in [-0.15, -0.1) is 0 Å². The molecule has 5 nitrogen and oxygen atoms in total. The zero-order chi connectivity index (χ0) is 17.2. The van der Waals surface area contributed by atoms with Crippen molar-refractivity contribution in [1.82, 2.24) is 10.5 Å². The van der Waals surface area contributed by atoms with Crippen LogP contribution >= 0.6 is 11.6 Å². The first-order valence-corrected chi connectivity index (χ1v) is 8.05. The van der Waals surface area contributed by atoms with Crippen LogP contribution in [0.1, 0.15) is 16.1 Å². The van der Waals surface area contributed by atoms with Crippen LogP contribution in [0.2, 0.25) is 5.02 Å². The van der Waals surface area contributed by atoms with Gasteiger partial charge >= 0.3 is 0 Å². The van der Waals surface area contributed by atoms with Crippen LogP contribution in [0.15, 0.2) is 69.6 Å². The largest absolute Gasteiger partial charge is 0.453 e. The Morgan fingerprint density at radius 1 is 1.04 bits per heavy atom. The third-order valence-electron chi connectivity index (χ3n) is 3.76. The number of halogens is 1. The van der Waals surface area contributed by atoms with Crippen molar-refractivity contribution in [2.75, 3.05) is 0 Å². The molecular formula is C19H13ClN2O3. The zero-order valence-electron chi connectivity index (χ0n) is 13.0. The van der Waals surface area contributed by atoms with Crippen molar-refractivity contribution in [3.05, 3.63) is 76.9 Å². The molecule has 0 saturated carbocycles. The minimum atomic E-state index is -0.204. The minimum absolute atomic E-state index is 0.204. The lowest BCUT2D eigenvalue weighted by Crippen LogP contribution is -2.22. The number of rotatable bonds is 4. The molecule has 124 valence electrons. The Hall–Kier alpha value is -3.05. The Morgan fingerprint density at radius 2 is 1.84 bits per heavy atom. The second kappa shape index (κ2) is 6.45. The average molecular weight is 353 g/mol. The van der Waals surface area contributed by atoms with Crippen LogP contribution in [0, 0.1) is 0 Å². The molecule has 0 aliphatic rings. The molecule has 0 atom stereocenters. The number of carbonyl (C=O) groups excluding carboxylic acids is 1. The molecule has 0 aliphatic carbocycles. The maximum absolute atomic E-state index is 12.1.